The molecule has 0 atom stereocenters. The first-order chi connectivity index (χ1) is 22.5. The van der Waals surface area contributed by atoms with Gasteiger partial charge in [-0.25, -0.2) is 4.39 Å². The van der Waals surface area contributed by atoms with Gasteiger partial charge in [-0.15, -0.1) is 0 Å². The SMILES string of the molecule is COc1ccc(N2CCN(CCCNC(=O)c3ccc(C=C4Sc5ccccc5N(Cc5ccccc5F)C4=O)cc3)CC2)cc1. The molecular formula is C37H37FN4O3S. The van der Waals surface area contributed by atoms with Crippen molar-refractivity contribution < 1.29 is 18.7 Å². The lowest BCUT2D eigenvalue weighted by atomic mass is 10.1. The minimum absolute atomic E-state index is 0.114. The van der Waals surface area contributed by atoms with Gasteiger partial charge >= 0.3 is 0 Å². The number of benzene rings is 4. The van der Waals surface area contributed by atoms with Crippen LogP contribution in [0.15, 0.2) is 107 Å². The molecule has 0 aliphatic carbocycles. The van der Waals surface area contributed by atoms with E-state index >= 15 is 0 Å². The number of ether oxygens (including phenoxy) is 1. The van der Waals surface area contributed by atoms with E-state index in [0.29, 0.717) is 22.6 Å². The van der Waals surface area contributed by atoms with Crippen molar-refractivity contribution in [3.63, 3.8) is 0 Å². The Bertz CT molecular complexity index is 1700. The van der Waals surface area contributed by atoms with Crippen molar-refractivity contribution >= 4 is 41.0 Å². The molecule has 2 aliphatic rings. The Morgan fingerprint density at radius 1 is 0.913 bits per heavy atom. The Kier molecular flexibility index (Phi) is 10.0. The largest absolute Gasteiger partial charge is 0.497 e. The molecule has 7 nitrogen and oxygen atoms in total. The molecule has 4 aromatic carbocycles. The summed E-state index contributed by atoms with van der Waals surface area (Å²) in [6.45, 7) is 5.61. The third kappa shape index (κ3) is 7.43. The van der Waals surface area contributed by atoms with Crippen LogP contribution in [0.4, 0.5) is 15.8 Å². The van der Waals surface area contributed by atoms with Gasteiger partial charge in [-0.2, -0.15) is 0 Å². The first-order valence-corrected chi connectivity index (χ1v) is 16.3. The van der Waals surface area contributed by atoms with Crippen LogP contribution in [-0.4, -0.2) is 63.1 Å². The molecule has 1 N–H and O–H groups in total. The summed E-state index contributed by atoms with van der Waals surface area (Å²) in [5.41, 5.74) is 3.82. The number of halogens is 1. The van der Waals surface area contributed by atoms with Crippen LogP contribution >= 0.6 is 11.8 Å². The van der Waals surface area contributed by atoms with E-state index in [4.69, 9.17) is 4.74 Å². The molecule has 2 aliphatic heterocycles. The first kappa shape index (κ1) is 31.4. The highest BCUT2D eigenvalue weighted by Gasteiger charge is 2.29. The number of nitrogens with one attached hydrogen (secondary N) is 1. The molecule has 0 unspecified atom stereocenters. The van der Waals surface area contributed by atoms with E-state index < -0.39 is 0 Å². The number of para-hydroxylation sites is 1. The number of rotatable bonds is 10. The molecule has 236 valence electrons. The first-order valence-electron chi connectivity index (χ1n) is 15.5. The van der Waals surface area contributed by atoms with E-state index in [1.54, 1.807) is 42.3 Å². The minimum Gasteiger partial charge on any atom is -0.497 e. The fourth-order valence-electron chi connectivity index (χ4n) is 5.73. The molecule has 2 amide bonds. The molecule has 9 heteroatoms. The van der Waals surface area contributed by atoms with Gasteiger partial charge in [0, 0.05) is 54.4 Å². The summed E-state index contributed by atoms with van der Waals surface area (Å²) >= 11 is 1.40. The van der Waals surface area contributed by atoms with E-state index in [-0.39, 0.29) is 24.2 Å². The van der Waals surface area contributed by atoms with Gasteiger partial charge in [-0.1, -0.05) is 54.2 Å². The molecule has 1 saturated heterocycles. The van der Waals surface area contributed by atoms with Crippen LogP contribution in [-0.2, 0) is 11.3 Å². The monoisotopic (exact) mass is 636 g/mol. The van der Waals surface area contributed by atoms with Crippen molar-refractivity contribution in [1.82, 2.24) is 10.2 Å². The Balaban J connectivity index is 0.999. The van der Waals surface area contributed by atoms with Crippen molar-refractivity contribution in [1.29, 1.82) is 0 Å². The maximum atomic E-state index is 14.5. The number of hydrogen-bond acceptors (Lipinski definition) is 6. The van der Waals surface area contributed by atoms with Gasteiger partial charge in [0.25, 0.3) is 11.8 Å². The maximum absolute atomic E-state index is 14.5. The Morgan fingerprint density at radius 3 is 2.37 bits per heavy atom. The lowest BCUT2D eigenvalue weighted by Gasteiger charge is -2.36. The molecule has 0 radical (unpaired) electrons. The van der Waals surface area contributed by atoms with Crippen LogP contribution < -0.4 is 19.9 Å². The number of anilines is 2. The predicted octanol–water partition coefficient (Wildman–Crippen LogP) is 6.46. The second-order valence-electron chi connectivity index (χ2n) is 11.3. The quantitative estimate of drug-likeness (QED) is 0.159. The number of amides is 2. The standard InChI is InChI=1S/C37H37FN4O3S/c1-45-31-17-15-30(16-18-31)41-23-21-40(22-24-41)20-6-19-39-36(43)28-13-11-27(12-14-28)25-35-37(44)42(26-29-7-2-3-8-32(29)38)33-9-4-5-10-34(33)46-35/h2-5,7-18,25H,6,19-24,26H2,1H3,(H,39,43). The van der Waals surface area contributed by atoms with E-state index in [1.165, 1.54) is 23.5 Å². The number of methoxy groups -OCH3 is 1. The van der Waals surface area contributed by atoms with Crippen LogP contribution in [0.1, 0.15) is 27.9 Å². The van der Waals surface area contributed by atoms with E-state index in [2.05, 4.69) is 27.2 Å². The summed E-state index contributed by atoms with van der Waals surface area (Å²) < 4.78 is 19.7. The third-order valence-corrected chi connectivity index (χ3v) is 9.41. The fourth-order valence-corrected chi connectivity index (χ4v) is 6.79. The smallest absolute Gasteiger partial charge is 0.265 e. The fraction of sp³-hybridized carbons (Fsp3) is 0.243. The van der Waals surface area contributed by atoms with Crippen molar-refractivity contribution in [3.05, 3.63) is 124 Å². The molecular weight excluding hydrogens is 599 g/mol. The number of thioether (sulfide) groups is 1. The number of carbonyl (C=O) groups is 2. The maximum Gasteiger partial charge on any atom is 0.265 e. The molecule has 46 heavy (non-hydrogen) atoms. The van der Waals surface area contributed by atoms with Gasteiger partial charge < -0.3 is 19.9 Å². The highest BCUT2D eigenvalue weighted by Crippen LogP contribution is 2.42. The highest BCUT2D eigenvalue weighted by molar-refractivity contribution is 8.04. The lowest BCUT2D eigenvalue weighted by Crippen LogP contribution is -2.47. The topological polar surface area (TPSA) is 65.1 Å². The number of piperazine rings is 1. The van der Waals surface area contributed by atoms with Crippen LogP contribution in [0.3, 0.4) is 0 Å². The van der Waals surface area contributed by atoms with Gasteiger partial charge in [0.05, 0.1) is 24.2 Å². The average Bonchev–Trinajstić information content (AvgIpc) is 3.10. The van der Waals surface area contributed by atoms with Gasteiger partial charge in [0.1, 0.15) is 11.6 Å². The molecule has 6 rings (SSSR count). The van der Waals surface area contributed by atoms with Gasteiger partial charge in [-0.05, 0) is 79.2 Å². The summed E-state index contributed by atoms with van der Waals surface area (Å²) in [4.78, 5) is 34.3. The Labute approximate surface area is 273 Å². The van der Waals surface area contributed by atoms with Crippen molar-refractivity contribution in [2.45, 2.75) is 17.9 Å². The van der Waals surface area contributed by atoms with E-state index in [1.807, 2.05) is 54.6 Å². The summed E-state index contributed by atoms with van der Waals surface area (Å²) in [6, 6.07) is 29.6. The second kappa shape index (κ2) is 14.7. The second-order valence-corrected chi connectivity index (χ2v) is 12.4. The predicted molar refractivity (Wildman–Crippen MR) is 183 cm³/mol. The Hall–Kier alpha value is -4.60. The van der Waals surface area contributed by atoms with Crippen LogP contribution in [0.2, 0.25) is 0 Å². The summed E-state index contributed by atoms with van der Waals surface area (Å²) in [6.07, 6.45) is 2.70. The van der Waals surface area contributed by atoms with E-state index in [0.717, 1.165) is 61.0 Å². The molecule has 0 bridgehead atoms. The average molecular weight is 637 g/mol. The number of carbonyl (C=O) groups excluding carboxylic acids is 2. The third-order valence-electron chi connectivity index (χ3n) is 8.34. The number of hydrogen-bond donors (Lipinski definition) is 1. The highest BCUT2D eigenvalue weighted by atomic mass is 32.2. The van der Waals surface area contributed by atoms with Crippen molar-refractivity contribution in [2.75, 3.05) is 56.2 Å². The zero-order valence-electron chi connectivity index (χ0n) is 25.8. The molecule has 1 fully saturated rings. The summed E-state index contributed by atoms with van der Waals surface area (Å²) in [7, 11) is 1.68. The molecule has 2 heterocycles. The summed E-state index contributed by atoms with van der Waals surface area (Å²) in [5.74, 6) is 0.228. The van der Waals surface area contributed by atoms with Crippen molar-refractivity contribution in [3.8, 4) is 5.75 Å². The molecule has 4 aromatic rings. The van der Waals surface area contributed by atoms with Gasteiger partial charge in [-0.3, -0.25) is 14.5 Å². The normalized spacial score (nSPS) is 16.0. The number of fused-ring (bicyclic) bond motifs is 1. The zero-order valence-corrected chi connectivity index (χ0v) is 26.6. The summed E-state index contributed by atoms with van der Waals surface area (Å²) in [5, 5.41) is 3.04. The lowest BCUT2D eigenvalue weighted by molar-refractivity contribution is -0.114. The van der Waals surface area contributed by atoms with Crippen LogP contribution in [0.5, 0.6) is 5.75 Å². The number of nitrogens with zero attached hydrogens (tertiary/aromatic N) is 3. The molecule has 0 aromatic heterocycles. The molecule has 0 saturated carbocycles. The van der Waals surface area contributed by atoms with Crippen LogP contribution in [0, 0.1) is 5.82 Å². The van der Waals surface area contributed by atoms with E-state index in [9.17, 15) is 14.0 Å². The minimum atomic E-state index is -0.339. The van der Waals surface area contributed by atoms with Gasteiger partial charge in [0.2, 0.25) is 0 Å². The Morgan fingerprint density at radius 2 is 1.63 bits per heavy atom. The van der Waals surface area contributed by atoms with Crippen molar-refractivity contribution in [2.24, 2.45) is 0 Å². The van der Waals surface area contributed by atoms with Crippen LogP contribution in [0.25, 0.3) is 6.08 Å². The van der Waals surface area contributed by atoms with Gasteiger partial charge in [0.15, 0.2) is 0 Å². The molecule has 0 spiro atoms. The zero-order chi connectivity index (χ0) is 31.9.